The smallest absolute Gasteiger partial charge is 0.411 e. The minimum atomic E-state index is -0.545. The average Bonchev–Trinajstić information content (AvgIpc) is 2.31. The monoisotopic (exact) mass is 283 g/mol. The van der Waals surface area contributed by atoms with Crippen LogP contribution in [0.3, 0.4) is 0 Å². The number of hydrogen-bond acceptors (Lipinski definition) is 4. The Kier molecular flexibility index (Phi) is 4.68. The third kappa shape index (κ3) is 3.95. The van der Waals surface area contributed by atoms with Crippen LogP contribution < -0.4 is 0 Å². The molecule has 0 aromatic rings. The molecule has 2 fully saturated rings. The Morgan fingerprint density at radius 2 is 2.00 bits per heavy atom. The number of nitrogens with zero attached hydrogens (tertiary/aromatic N) is 1. The summed E-state index contributed by atoms with van der Waals surface area (Å²) in [5, 5.41) is 0. The van der Waals surface area contributed by atoms with Gasteiger partial charge < -0.3 is 9.47 Å². The van der Waals surface area contributed by atoms with Crippen LogP contribution in [0.15, 0.2) is 0 Å². The van der Waals surface area contributed by atoms with Crippen molar-refractivity contribution in [3.63, 3.8) is 0 Å². The molecule has 1 heterocycles. The maximum atomic E-state index is 12.4. The highest BCUT2D eigenvalue weighted by Gasteiger charge is 2.36. The highest BCUT2D eigenvalue weighted by molar-refractivity contribution is 5.88. The van der Waals surface area contributed by atoms with Crippen LogP contribution in [0.25, 0.3) is 0 Å². The molecule has 2 aliphatic rings. The minimum absolute atomic E-state index is 0.111. The van der Waals surface area contributed by atoms with Crippen molar-refractivity contribution in [1.82, 2.24) is 4.90 Å². The van der Waals surface area contributed by atoms with E-state index in [0.29, 0.717) is 32.1 Å². The molecule has 0 aromatic heterocycles. The van der Waals surface area contributed by atoms with E-state index in [1.165, 1.54) is 11.3 Å². The Labute approximate surface area is 120 Å². The van der Waals surface area contributed by atoms with Gasteiger partial charge in [-0.2, -0.15) is 0 Å². The van der Waals surface area contributed by atoms with Crippen LogP contribution in [0.1, 0.15) is 46.5 Å². The number of morpholine rings is 1. The van der Waals surface area contributed by atoms with Crippen LogP contribution in [0.4, 0.5) is 4.79 Å². The highest BCUT2D eigenvalue weighted by atomic mass is 16.6. The molecule has 1 aliphatic heterocycles. The predicted molar refractivity (Wildman–Crippen MR) is 74.5 cm³/mol. The van der Waals surface area contributed by atoms with E-state index in [1.54, 1.807) is 0 Å². The molecule has 0 N–H and O–H groups in total. The molecule has 0 aromatic carbocycles. The van der Waals surface area contributed by atoms with Gasteiger partial charge in [0.25, 0.3) is 0 Å². The minimum Gasteiger partial charge on any atom is -0.444 e. The van der Waals surface area contributed by atoms with Gasteiger partial charge in [-0.05, 0) is 26.7 Å². The summed E-state index contributed by atoms with van der Waals surface area (Å²) >= 11 is 0. The molecule has 1 amide bonds. The fraction of sp³-hybridized carbons (Fsp3) is 0.867. The van der Waals surface area contributed by atoms with Gasteiger partial charge in [0.15, 0.2) is 5.78 Å². The summed E-state index contributed by atoms with van der Waals surface area (Å²) in [7, 11) is 0. The highest BCUT2D eigenvalue weighted by Crippen LogP contribution is 2.30. The van der Waals surface area contributed by atoms with Gasteiger partial charge in [-0.3, -0.25) is 9.69 Å². The second-order valence-corrected chi connectivity index (χ2v) is 6.73. The summed E-state index contributed by atoms with van der Waals surface area (Å²) in [6.07, 6.45) is 3.63. The third-order valence-electron chi connectivity index (χ3n) is 3.84. The Hall–Kier alpha value is -1.10. The van der Waals surface area contributed by atoms with Crippen molar-refractivity contribution in [3.05, 3.63) is 0 Å². The molecule has 1 atom stereocenters. The van der Waals surface area contributed by atoms with E-state index in [4.69, 9.17) is 9.47 Å². The van der Waals surface area contributed by atoms with Crippen molar-refractivity contribution in [3.8, 4) is 0 Å². The number of rotatable bonds is 3. The SMILES string of the molecule is CC(C)(C)OC(=O)N1CCOCC1C(=O)CC1CCC1. The standard InChI is InChI=1S/C15H25NO4/c1-15(2,3)20-14(18)16-7-8-19-10-12(16)13(17)9-11-5-4-6-11/h11-12H,4-10H2,1-3H3. The molecule has 0 spiro atoms. The van der Waals surface area contributed by atoms with E-state index in [-0.39, 0.29) is 5.78 Å². The fourth-order valence-corrected chi connectivity index (χ4v) is 2.53. The summed E-state index contributed by atoms with van der Waals surface area (Å²) in [4.78, 5) is 26.1. The second-order valence-electron chi connectivity index (χ2n) is 6.73. The summed E-state index contributed by atoms with van der Waals surface area (Å²) in [6, 6.07) is -0.473. The number of ether oxygens (including phenoxy) is 2. The lowest BCUT2D eigenvalue weighted by Crippen LogP contribution is -2.54. The largest absolute Gasteiger partial charge is 0.444 e. The third-order valence-corrected chi connectivity index (χ3v) is 3.84. The van der Waals surface area contributed by atoms with Crippen LogP contribution in [0.2, 0.25) is 0 Å². The van der Waals surface area contributed by atoms with Crippen molar-refractivity contribution < 1.29 is 19.1 Å². The van der Waals surface area contributed by atoms with Crippen molar-refractivity contribution >= 4 is 11.9 Å². The van der Waals surface area contributed by atoms with Crippen molar-refractivity contribution in [2.24, 2.45) is 5.92 Å². The average molecular weight is 283 g/mol. The van der Waals surface area contributed by atoms with E-state index in [1.807, 2.05) is 20.8 Å². The quantitative estimate of drug-likeness (QED) is 0.798. The first-order valence-corrected chi connectivity index (χ1v) is 7.47. The topological polar surface area (TPSA) is 55.8 Å². The number of hydrogen-bond donors (Lipinski definition) is 0. The zero-order chi connectivity index (χ0) is 14.8. The van der Waals surface area contributed by atoms with Gasteiger partial charge in [-0.1, -0.05) is 19.3 Å². The molecular formula is C15H25NO4. The Morgan fingerprint density at radius 3 is 2.55 bits per heavy atom. The Morgan fingerprint density at radius 1 is 1.30 bits per heavy atom. The molecule has 114 valence electrons. The van der Waals surface area contributed by atoms with E-state index >= 15 is 0 Å². The molecule has 2 rings (SSSR count). The maximum Gasteiger partial charge on any atom is 0.411 e. The zero-order valence-electron chi connectivity index (χ0n) is 12.7. The summed E-state index contributed by atoms with van der Waals surface area (Å²) in [5.74, 6) is 0.616. The first-order valence-electron chi connectivity index (χ1n) is 7.47. The fourth-order valence-electron chi connectivity index (χ4n) is 2.53. The van der Waals surface area contributed by atoms with E-state index in [0.717, 1.165) is 12.8 Å². The summed E-state index contributed by atoms with van der Waals surface area (Å²) in [6.45, 7) is 6.68. The molecule has 1 unspecified atom stereocenters. The molecule has 0 radical (unpaired) electrons. The van der Waals surface area contributed by atoms with E-state index in [9.17, 15) is 9.59 Å². The molecule has 0 bridgehead atoms. The molecule has 5 heteroatoms. The lowest BCUT2D eigenvalue weighted by Gasteiger charge is -2.37. The number of carbonyl (C=O) groups excluding carboxylic acids is 2. The first-order chi connectivity index (χ1) is 9.37. The van der Waals surface area contributed by atoms with Crippen LogP contribution in [0, 0.1) is 5.92 Å². The normalized spacial score (nSPS) is 24.1. The first kappa shape index (κ1) is 15.3. The Bertz CT molecular complexity index is 371. The van der Waals surface area contributed by atoms with Crippen LogP contribution in [-0.2, 0) is 14.3 Å². The van der Waals surface area contributed by atoms with E-state index < -0.39 is 17.7 Å². The van der Waals surface area contributed by atoms with Gasteiger partial charge in [-0.15, -0.1) is 0 Å². The van der Waals surface area contributed by atoms with Gasteiger partial charge in [0.2, 0.25) is 0 Å². The Balaban J connectivity index is 1.96. The lowest BCUT2D eigenvalue weighted by molar-refractivity contribution is -0.131. The predicted octanol–water partition coefficient (Wildman–Crippen LogP) is 2.38. The summed E-state index contributed by atoms with van der Waals surface area (Å²) in [5.41, 5.74) is -0.545. The van der Waals surface area contributed by atoms with E-state index in [2.05, 4.69) is 0 Å². The lowest BCUT2D eigenvalue weighted by atomic mass is 9.81. The van der Waals surface area contributed by atoms with Crippen molar-refractivity contribution in [1.29, 1.82) is 0 Å². The number of carbonyl (C=O) groups is 2. The van der Waals surface area contributed by atoms with Crippen LogP contribution >= 0.6 is 0 Å². The number of Topliss-reactive ketones (excluding diaryl/α,β-unsaturated/α-hetero) is 1. The molecule has 5 nitrogen and oxygen atoms in total. The molecule has 1 saturated heterocycles. The van der Waals surface area contributed by atoms with Gasteiger partial charge in [0, 0.05) is 13.0 Å². The second kappa shape index (κ2) is 6.12. The van der Waals surface area contributed by atoms with Gasteiger partial charge in [-0.25, -0.2) is 4.79 Å². The molecule has 1 aliphatic carbocycles. The van der Waals surface area contributed by atoms with Crippen LogP contribution in [-0.4, -0.2) is 48.2 Å². The van der Waals surface area contributed by atoms with Gasteiger partial charge >= 0.3 is 6.09 Å². The maximum absolute atomic E-state index is 12.4. The van der Waals surface area contributed by atoms with Gasteiger partial charge in [0.05, 0.1) is 13.2 Å². The van der Waals surface area contributed by atoms with Crippen molar-refractivity contribution in [2.45, 2.75) is 58.1 Å². The van der Waals surface area contributed by atoms with Crippen molar-refractivity contribution in [2.75, 3.05) is 19.8 Å². The zero-order valence-corrected chi connectivity index (χ0v) is 12.7. The molecule has 1 saturated carbocycles. The summed E-state index contributed by atoms with van der Waals surface area (Å²) < 4.78 is 10.8. The number of amides is 1. The number of ketones is 1. The molecular weight excluding hydrogens is 258 g/mol. The van der Waals surface area contributed by atoms with Gasteiger partial charge in [0.1, 0.15) is 11.6 Å². The molecule has 20 heavy (non-hydrogen) atoms. The van der Waals surface area contributed by atoms with Crippen LogP contribution in [0.5, 0.6) is 0 Å².